The summed E-state index contributed by atoms with van der Waals surface area (Å²) in [4.78, 5) is 11.5. The van der Waals surface area contributed by atoms with Crippen LogP contribution in [0, 0.1) is 5.41 Å². The number of hydrogen-bond donors (Lipinski definition) is 1. The van der Waals surface area contributed by atoms with Gasteiger partial charge in [-0.25, -0.2) is 0 Å². The van der Waals surface area contributed by atoms with Gasteiger partial charge in [-0.3, -0.25) is 4.79 Å². The number of carbonyl (C=O) groups is 1. The summed E-state index contributed by atoms with van der Waals surface area (Å²) in [5.41, 5.74) is 1.51. The highest BCUT2D eigenvalue weighted by Crippen LogP contribution is 2.52. The van der Waals surface area contributed by atoms with Crippen molar-refractivity contribution in [2.45, 2.75) is 37.5 Å². The molecule has 0 spiro atoms. The van der Waals surface area contributed by atoms with Crippen LogP contribution in [-0.4, -0.2) is 31.1 Å². The largest absolute Gasteiger partial charge is 0.469 e. The van der Waals surface area contributed by atoms with Crippen LogP contribution in [0.4, 0.5) is 0 Å². The zero-order chi connectivity index (χ0) is 15.3. The zero-order valence-corrected chi connectivity index (χ0v) is 13.9. The lowest BCUT2D eigenvalue weighted by Gasteiger charge is -2.25. The van der Waals surface area contributed by atoms with E-state index in [-0.39, 0.29) is 11.4 Å². The molecule has 1 aromatic carbocycles. The lowest BCUT2D eigenvalue weighted by Crippen LogP contribution is -2.26. The highest BCUT2D eigenvalue weighted by atomic mass is 32.2. The maximum atomic E-state index is 11.5. The van der Waals surface area contributed by atoms with Crippen molar-refractivity contribution in [2.24, 2.45) is 5.41 Å². The average molecular weight is 307 g/mol. The minimum absolute atomic E-state index is 0.0750. The number of methoxy groups -OCH3 is 1. The Balaban J connectivity index is 1.89. The first-order valence-electron chi connectivity index (χ1n) is 7.51. The molecule has 0 saturated heterocycles. The number of hydrogen-bond acceptors (Lipinski definition) is 4. The Labute approximate surface area is 131 Å². The topological polar surface area (TPSA) is 38.3 Å². The number of carbonyl (C=O) groups excluding carboxylic acids is 1. The van der Waals surface area contributed by atoms with Gasteiger partial charge in [-0.2, -0.15) is 11.8 Å². The predicted molar refractivity (Wildman–Crippen MR) is 88.5 cm³/mol. The second-order valence-electron chi connectivity index (χ2n) is 5.95. The Bertz CT molecular complexity index is 459. The third-order valence-electron chi connectivity index (χ3n) is 4.30. The lowest BCUT2D eigenvalue weighted by atomic mass is 10.0. The Morgan fingerprint density at radius 2 is 2.05 bits per heavy atom. The van der Waals surface area contributed by atoms with E-state index >= 15 is 0 Å². The monoisotopic (exact) mass is 307 g/mol. The van der Waals surface area contributed by atoms with Gasteiger partial charge in [0.05, 0.1) is 13.5 Å². The molecule has 0 aliphatic heterocycles. The van der Waals surface area contributed by atoms with Crippen molar-refractivity contribution in [1.29, 1.82) is 0 Å². The van der Waals surface area contributed by atoms with Gasteiger partial charge in [-0.05, 0) is 36.6 Å². The highest BCUT2D eigenvalue weighted by molar-refractivity contribution is 7.99. The van der Waals surface area contributed by atoms with Gasteiger partial charge in [0.2, 0.25) is 0 Å². The van der Waals surface area contributed by atoms with Crippen molar-refractivity contribution in [3.05, 3.63) is 35.9 Å². The Kier molecular flexibility index (Phi) is 5.71. The Morgan fingerprint density at radius 3 is 2.57 bits per heavy atom. The van der Waals surface area contributed by atoms with Crippen LogP contribution in [-0.2, 0) is 9.53 Å². The van der Waals surface area contributed by atoms with Crippen molar-refractivity contribution in [1.82, 2.24) is 5.32 Å². The van der Waals surface area contributed by atoms with E-state index in [2.05, 4.69) is 36.5 Å². The van der Waals surface area contributed by atoms with Crippen molar-refractivity contribution in [3.8, 4) is 0 Å². The molecule has 0 radical (unpaired) electrons. The number of ether oxygens (including phenoxy) is 1. The second kappa shape index (κ2) is 7.32. The number of nitrogens with one attached hydrogen (secondary N) is 1. The standard InChI is InChI=1S/C17H25NO2S/c1-13(16(18-2)14-7-5-4-6-8-14)21-12-17(9-10-17)11-15(19)20-3/h4-8,13,16,18H,9-12H2,1-3H3. The Hall–Kier alpha value is -1.00. The number of benzene rings is 1. The zero-order valence-electron chi connectivity index (χ0n) is 13.1. The molecule has 4 heteroatoms. The van der Waals surface area contributed by atoms with E-state index in [1.165, 1.54) is 12.7 Å². The molecule has 1 fully saturated rings. The van der Waals surface area contributed by atoms with Gasteiger partial charge in [0.1, 0.15) is 0 Å². The molecule has 116 valence electrons. The fourth-order valence-corrected chi connectivity index (χ4v) is 4.16. The number of thioether (sulfide) groups is 1. The van der Waals surface area contributed by atoms with Gasteiger partial charge in [0, 0.05) is 11.3 Å². The summed E-state index contributed by atoms with van der Waals surface area (Å²) in [6.07, 6.45) is 2.87. The predicted octanol–water partition coefficient (Wildman–Crippen LogP) is 3.41. The maximum Gasteiger partial charge on any atom is 0.306 e. The minimum atomic E-state index is -0.0750. The first-order chi connectivity index (χ1) is 10.1. The summed E-state index contributed by atoms with van der Waals surface area (Å²) in [6.45, 7) is 2.26. The molecule has 1 N–H and O–H groups in total. The van der Waals surface area contributed by atoms with E-state index in [4.69, 9.17) is 4.74 Å². The molecular weight excluding hydrogens is 282 g/mol. The maximum absolute atomic E-state index is 11.5. The van der Waals surface area contributed by atoms with Crippen LogP contribution in [0.2, 0.25) is 0 Å². The summed E-state index contributed by atoms with van der Waals surface area (Å²) >= 11 is 1.96. The number of esters is 1. The molecule has 0 bridgehead atoms. The molecule has 0 aromatic heterocycles. The van der Waals surface area contributed by atoms with E-state index in [1.807, 2.05) is 24.9 Å². The van der Waals surface area contributed by atoms with Crippen LogP contribution < -0.4 is 5.32 Å². The molecule has 2 unspecified atom stereocenters. The minimum Gasteiger partial charge on any atom is -0.469 e. The van der Waals surface area contributed by atoms with Gasteiger partial charge >= 0.3 is 5.97 Å². The van der Waals surface area contributed by atoms with Crippen LogP contribution in [0.15, 0.2) is 30.3 Å². The SMILES string of the molecule is CNC(c1ccccc1)C(C)SCC1(CC(=O)OC)CC1. The second-order valence-corrected chi connectivity index (χ2v) is 7.31. The summed E-state index contributed by atoms with van der Waals surface area (Å²) in [5, 5.41) is 3.88. The van der Waals surface area contributed by atoms with E-state index < -0.39 is 0 Å². The molecule has 1 aliphatic rings. The van der Waals surface area contributed by atoms with E-state index in [1.54, 1.807) is 0 Å². The highest BCUT2D eigenvalue weighted by Gasteiger charge is 2.45. The van der Waals surface area contributed by atoms with Crippen molar-refractivity contribution < 1.29 is 9.53 Å². The van der Waals surface area contributed by atoms with E-state index in [9.17, 15) is 4.79 Å². The van der Waals surface area contributed by atoms with Crippen LogP contribution in [0.1, 0.15) is 37.8 Å². The molecular formula is C17H25NO2S. The normalized spacial score (nSPS) is 18.8. The van der Waals surface area contributed by atoms with Crippen LogP contribution in [0.3, 0.4) is 0 Å². The Morgan fingerprint density at radius 1 is 1.38 bits per heavy atom. The van der Waals surface area contributed by atoms with Gasteiger partial charge < -0.3 is 10.1 Å². The number of rotatable bonds is 8. The van der Waals surface area contributed by atoms with Crippen LogP contribution >= 0.6 is 11.8 Å². The third kappa shape index (κ3) is 4.48. The quantitative estimate of drug-likeness (QED) is 0.747. The van der Waals surface area contributed by atoms with Gasteiger partial charge in [0.25, 0.3) is 0 Å². The third-order valence-corrected chi connectivity index (χ3v) is 5.87. The lowest BCUT2D eigenvalue weighted by molar-refractivity contribution is -0.141. The average Bonchev–Trinajstić information content (AvgIpc) is 3.27. The summed E-state index contributed by atoms with van der Waals surface area (Å²) in [6, 6.07) is 10.9. The van der Waals surface area contributed by atoms with Gasteiger partial charge in [0.15, 0.2) is 0 Å². The molecule has 1 aromatic rings. The van der Waals surface area contributed by atoms with E-state index in [0.29, 0.717) is 17.7 Å². The first-order valence-corrected chi connectivity index (χ1v) is 8.56. The van der Waals surface area contributed by atoms with E-state index in [0.717, 1.165) is 18.6 Å². The smallest absolute Gasteiger partial charge is 0.306 e. The molecule has 2 atom stereocenters. The molecule has 3 nitrogen and oxygen atoms in total. The molecule has 2 rings (SSSR count). The van der Waals surface area contributed by atoms with Crippen LogP contribution in [0.5, 0.6) is 0 Å². The molecule has 0 heterocycles. The first kappa shape index (κ1) is 16.4. The van der Waals surface area contributed by atoms with Crippen molar-refractivity contribution in [2.75, 3.05) is 19.9 Å². The summed E-state index contributed by atoms with van der Waals surface area (Å²) in [7, 11) is 3.48. The van der Waals surface area contributed by atoms with Gasteiger partial charge in [-0.1, -0.05) is 37.3 Å². The molecule has 1 saturated carbocycles. The molecule has 1 aliphatic carbocycles. The van der Waals surface area contributed by atoms with Crippen molar-refractivity contribution >= 4 is 17.7 Å². The summed E-state index contributed by atoms with van der Waals surface area (Å²) < 4.78 is 4.81. The molecule has 0 amide bonds. The molecule has 21 heavy (non-hydrogen) atoms. The fraction of sp³-hybridized carbons (Fsp3) is 0.588. The fourth-order valence-electron chi connectivity index (χ4n) is 2.66. The van der Waals surface area contributed by atoms with Crippen molar-refractivity contribution in [3.63, 3.8) is 0 Å². The van der Waals surface area contributed by atoms with Crippen LogP contribution in [0.25, 0.3) is 0 Å². The summed E-state index contributed by atoms with van der Waals surface area (Å²) in [5.74, 6) is 0.961. The van der Waals surface area contributed by atoms with Gasteiger partial charge in [-0.15, -0.1) is 0 Å².